The standard InChI is InChI=1S/C40H26ClFN4O12/c1-2-54-22-45-21-29(42)35(48)46(40(45)53)34(47)25-14-9-15-26(18-25)38(51)57-32-19-30(28(41)20-43-32)55-39(52)27-16-17-31(56-36(49)23-10-5-3-6-11-23)44-33(27)58-37(50)24-12-7-4-8-13-24/h3-21H,2,22H2,1H3. The molecule has 0 aliphatic carbocycles. The van der Waals surface area contributed by atoms with Gasteiger partial charge in [-0.15, -0.1) is 0 Å². The highest BCUT2D eigenvalue weighted by Gasteiger charge is 2.25. The average Bonchev–Trinajstić information content (AvgIpc) is 3.23. The third kappa shape index (κ3) is 9.24. The summed E-state index contributed by atoms with van der Waals surface area (Å²) in [7, 11) is 0. The lowest BCUT2D eigenvalue weighted by molar-refractivity contribution is 0.0695. The molecule has 292 valence electrons. The van der Waals surface area contributed by atoms with Crippen LogP contribution in [0.5, 0.6) is 23.4 Å². The molecular weight excluding hydrogens is 783 g/mol. The number of carbonyl (C=O) groups is 5. The number of rotatable bonds is 12. The van der Waals surface area contributed by atoms with E-state index in [2.05, 4.69) is 9.97 Å². The van der Waals surface area contributed by atoms with Gasteiger partial charge in [0.15, 0.2) is 5.75 Å². The Morgan fingerprint density at radius 1 is 0.690 bits per heavy atom. The second kappa shape index (κ2) is 17.9. The molecule has 0 atom stereocenters. The van der Waals surface area contributed by atoms with Gasteiger partial charge in [0, 0.05) is 24.3 Å². The van der Waals surface area contributed by atoms with Crippen LogP contribution in [0.2, 0.25) is 5.02 Å². The van der Waals surface area contributed by atoms with E-state index in [1.807, 2.05) is 0 Å². The quantitative estimate of drug-likeness (QED) is 0.147. The van der Waals surface area contributed by atoms with E-state index >= 15 is 0 Å². The van der Waals surface area contributed by atoms with Gasteiger partial charge < -0.3 is 23.7 Å². The van der Waals surface area contributed by atoms with E-state index in [1.54, 1.807) is 43.3 Å². The van der Waals surface area contributed by atoms with Crippen molar-refractivity contribution in [3.05, 3.63) is 175 Å². The summed E-state index contributed by atoms with van der Waals surface area (Å²) in [6, 6.07) is 23.7. The van der Waals surface area contributed by atoms with E-state index < -0.39 is 70.9 Å². The van der Waals surface area contributed by atoms with Crippen LogP contribution in [0.3, 0.4) is 0 Å². The molecule has 3 heterocycles. The first-order valence-electron chi connectivity index (χ1n) is 16.8. The van der Waals surface area contributed by atoms with Crippen LogP contribution in [0, 0.1) is 5.82 Å². The third-order valence-corrected chi connectivity index (χ3v) is 8.04. The van der Waals surface area contributed by atoms with Crippen LogP contribution in [0.25, 0.3) is 0 Å². The molecule has 0 amide bonds. The summed E-state index contributed by atoms with van der Waals surface area (Å²) in [5.41, 5.74) is -3.39. The van der Waals surface area contributed by atoms with Crippen LogP contribution in [-0.4, -0.2) is 55.5 Å². The lowest BCUT2D eigenvalue weighted by Gasteiger charge is -2.12. The van der Waals surface area contributed by atoms with Crippen molar-refractivity contribution in [1.82, 2.24) is 19.1 Å². The highest BCUT2D eigenvalue weighted by Crippen LogP contribution is 2.30. The fourth-order valence-electron chi connectivity index (χ4n) is 4.95. The van der Waals surface area contributed by atoms with Gasteiger partial charge in [0.25, 0.3) is 11.5 Å². The molecule has 0 aliphatic heterocycles. The van der Waals surface area contributed by atoms with Crippen LogP contribution in [0.15, 0.2) is 125 Å². The minimum Gasteiger partial charge on any atom is -0.421 e. The summed E-state index contributed by atoms with van der Waals surface area (Å²) in [6.07, 6.45) is 1.61. The monoisotopic (exact) mass is 808 g/mol. The van der Waals surface area contributed by atoms with Gasteiger partial charge in [-0.3, -0.25) is 14.2 Å². The average molecular weight is 809 g/mol. The second-order valence-electron chi connectivity index (χ2n) is 11.6. The maximum absolute atomic E-state index is 14.4. The molecule has 0 fully saturated rings. The SMILES string of the molecule is CCOCn1cc(F)c(=O)n(C(=O)c2cccc(C(=O)Oc3cc(OC(=O)c4ccc(OC(=O)c5ccccc5)nc4OC(=O)c4ccccc4)c(Cl)cn3)c2)c1=O. The zero-order valence-electron chi connectivity index (χ0n) is 29.8. The smallest absolute Gasteiger partial charge is 0.349 e. The van der Waals surface area contributed by atoms with E-state index in [-0.39, 0.29) is 50.1 Å². The predicted molar refractivity (Wildman–Crippen MR) is 199 cm³/mol. The number of esters is 4. The Labute approximate surface area is 330 Å². The van der Waals surface area contributed by atoms with Crippen molar-refractivity contribution in [2.24, 2.45) is 0 Å². The van der Waals surface area contributed by atoms with Crippen molar-refractivity contribution < 1.29 is 52.0 Å². The van der Waals surface area contributed by atoms with E-state index in [9.17, 15) is 38.0 Å². The maximum Gasteiger partial charge on any atom is 0.349 e. The van der Waals surface area contributed by atoms with Crippen molar-refractivity contribution in [2.75, 3.05) is 6.61 Å². The molecule has 0 spiro atoms. The van der Waals surface area contributed by atoms with Crippen molar-refractivity contribution in [3.8, 4) is 23.4 Å². The maximum atomic E-state index is 14.4. The van der Waals surface area contributed by atoms with E-state index in [0.29, 0.717) is 10.8 Å². The lowest BCUT2D eigenvalue weighted by Crippen LogP contribution is -2.45. The summed E-state index contributed by atoms with van der Waals surface area (Å²) < 4.78 is 41.8. The Morgan fingerprint density at radius 2 is 1.29 bits per heavy atom. The van der Waals surface area contributed by atoms with Crippen LogP contribution < -0.4 is 30.2 Å². The molecule has 6 rings (SSSR count). The second-order valence-corrected chi connectivity index (χ2v) is 12.0. The summed E-state index contributed by atoms with van der Waals surface area (Å²) >= 11 is 6.25. The molecule has 0 radical (unpaired) electrons. The third-order valence-electron chi connectivity index (χ3n) is 7.75. The minimum atomic E-state index is -1.51. The van der Waals surface area contributed by atoms with Gasteiger partial charge in [-0.05, 0) is 55.5 Å². The normalized spacial score (nSPS) is 10.7. The topological polar surface area (TPSA) is 201 Å². The zero-order valence-corrected chi connectivity index (χ0v) is 30.6. The van der Waals surface area contributed by atoms with Crippen molar-refractivity contribution >= 4 is 41.4 Å². The molecular formula is C40H26ClFN4O12. The number of aromatic nitrogens is 4. The highest BCUT2D eigenvalue weighted by molar-refractivity contribution is 6.32. The molecule has 0 saturated heterocycles. The van der Waals surface area contributed by atoms with Gasteiger partial charge >= 0.3 is 29.6 Å². The number of benzene rings is 3. The Balaban J connectivity index is 1.22. The van der Waals surface area contributed by atoms with Crippen LogP contribution in [0.1, 0.15) is 58.7 Å². The van der Waals surface area contributed by atoms with E-state index in [0.717, 1.165) is 24.4 Å². The van der Waals surface area contributed by atoms with Crippen molar-refractivity contribution in [1.29, 1.82) is 0 Å². The van der Waals surface area contributed by atoms with E-state index in [4.69, 9.17) is 35.3 Å². The van der Waals surface area contributed by atoms with Crippen LogP contribution >= 0.6 is 11.6 Å². The number of halogens is 2. The van der Waals surface area contributed by atoms with Crippen molar-refractivity contribution in [2.45, 2.75) is 13.7 Å². The van der Waals surface area contributed by atoms with Gasteiger partial charge in [0.1, 0.15) is 17.3 Å². The number of nitrogens with zero attached hydrogens (tertiary/aromatic N) is 4. The van der Waals surface area contributed by atoms with Gasteiger partial charge in [0.2, 0.25) is 23.5 Å². The molecule has 6 aromatic rings. The molecule has 0 bridgehead atoms. The van der Waals surface area contributed by atoms with Gasteiger partial charge in [-0.25, -0.2) is 29.0 Å². The number of ether oxygens (including phenoxy) is 5. The summed E-state index contributed by atoms with van der Waals surface area (Å²) in [6.45, 7) is 1.35. The Morgan fingerprint density at radius 3 is 1.97 bits per heavy atom. The first-order valence-corrected chi connectivity index (χ1v) is 17.2. The Bertz CT molecular complexity index is 2690. The summed E-state index contributed by atoms with van der Waals surface area (Å²) in [5, 5.41) is -0.222. The number of carbonyl (C=O) groups excluding carboxylic acids is 5. The number of pyridine rings is 2. The largest absolute Gasteiger partial charge is 0.421 e. The molecule has 3 aromatic heterocycles. The molecule has 16 nitrogen and oxygen atoms in total. The molecule has 18 heteroatoms. The van der Waals surface area contributed by atoms with E-state index in [1.165, 1.54) is 48.5 Å². The molecule has 58 heavy (non-hydrogen) atoms. The molecule has 0 aliphatic rings. The van der Waals surface area contributed by atoms with Crippen LogP contribution in [-0.2, 0) is 11.5 Å². The molecule has 0 saturated carbocycles. The zero-order chi connectivity index (χ0) is 41.3. The number of hydrogen-bond acceptors (Lipinski definition) is 14. The van der Waals surface area contributed by atoms with Crippen LogP contribution in [0.4, 0.5) is 4.39 Å². The summed E-state index contributed by atoms with van der Waals surface area (Å²) in [5.74, 6) is -8.28. The number of hydrogen-bond donors (Lipinski definition) is 0. The Hall–Kier alpha value is -7.63. The first-order chi connectivity index (χ1) is 27.9. The molecule has 0 N–H and O–H groups in total. The molecule has 3 aromatic carbocycles. The predicted octanol–water partition coefficient (Wildman–Crippen LogP) is 5.15. The fourth-order valence-corrected chi connectivity index (χ4v) is 5.09. The fraction of sp³-hybridized carbons (Fsp3) is 0.0750. The highest BCUT2D eigenvalue weighted by atomic mass is 35.5. The van der Waals surface area contributed by atoms with Gasteiger partial charge in [-0.2, -0.15) is 13.9 Å². The molecule has 0 unspecified atom stereocenters. The summed E-state index contributed by atoms with van der Waals surface area (Å²) in [4.78, 5) is 98.9. The van der Waals surface area contributed by atoms with Gasteiger partial charge in [0.05, 0.1) is 29.1 Å². The lowest BCUT2D eigenvalue weighted by atomic mass is 10.1. The van der Waals surface area contributed by atoms with Gasteiger partial charge in [-0.1, -0.05) is 54.1 Å². The Kier molecular flexibility index (Phi) is 12.3. The first kappa shape index (κ1) is 40.0. The minimum absolute atomic E-state index is 0.0640. The van der Waals surface area contributed by atoms with Crippen molar-refractivity contribution in [3.63, 3.8) is 0 Å².